The molecule has 3 rings (SSSR count). The van der Waals surface area contributed by atoms with E-state index in [0.29, 0.717) is 23.7 Å². The smallest absolute Gasteiger partial charge is 0.264 e. The number of nitrogens with zero attached hydrogens (tertiary/aromatic N) is 2. The van der Waals surface area contributed by atoms with Gasteiger partial charge in [-0.05, 0) is 42.0 Å². The highest BCUT2D eigenvalue weighted by Crippen LogP contribution is 2.35. The summed E-state index contributed by atoms with van der Waals surface area (Å²) < 4.78 is 44.1. The number of rotatable bonds is 12. The maximum Gasteiger partial charge on any atom is 0.264 e. The van der Waals surface area contributed by atoms with E-state index in [0.717, 1.165) is 4.31 Å². The largest absolute Gasteiger partial charge is 0.497 e. The van der Waals surface area contributed by atoms with Crippen molar-refractivity contribution in [2.24, 2.45) is 5.10 Å². The van der Waals surface area contributed by atoms with Crippen LogP contribution >= 0.6 is 0 Å². The van der Waals surface area contributed by atoms with Crippen LogP contribution in [-0.2, 0) is 14.8 Å². The minimum Gasteiger partial charge on any atom is -0.497 e. The number of nitrogens with one attached hydrogen (secondary N) is 1. The Morgan fingerprint density at radius 1 is 1.00 bits per heavy atom. The van der Waals surface area contributed by atoms with E-state index in [1.54, 1.807) is 60.7 Å². The number of hydrogen-bond donors (Lipinski definition) is 1. The topological polar surface area (TPSA) is 107 Å². The summed E-state index contributed by atoms with van der Waals surface area (Å²) in [6.07, 6.45) is 3.07. The Morgan fingerprint density at radius 3 is 2.47 bits per heavy atom. The van der Waals surface area contributed by atoms with Crippen molar-refractivity contribution in [2.75, 3.05) is 31.7 Å². The van der Waals surface area contributed by atoms with Crippen molar-refractivity contribution in [2.45, 2.75) is 4.90 Å². The molecule has 0 spiro atoms. The quantitative estimate of drug-likeness (QED) is 0.227. The minimum atomic E-state index is -4.12. The van der Waals surface area contributed by atoms with E-state index in [4.69, 9.17) is 14.2 Å². The molecule has 10 heteroatoms. The van der Waals surface area contributed by atoms with E-state index in [2.05, 4.69) is 17.1 Å². The number of benzene rings is 3. The van der Waals surface area contributed by atoms with Gasteiger partial charge < -0.3 is 14.2 Å². The average molecular weight is 510 g/mol. The van der Waals surface area contributed by atoms with Crippen LogP contribution in [0.5, 0.6) is 17.2 Å². The molecule has 0 unspecified atom stereocenters. The van der Waals surface area contributed by atoms with Crippen LogP contribution in [0.3, 0.4) is 0 Å². The second-order valence-corrected chi connectivity index (χ2v) is 9.19. The van der Waals surface area contributed by atoms with Crippen LogP contribution in [-0.4, -0.2) is 47.9 Å². The molecule has 0 radical (unpaired) electrons. The molecule has 0 heterocycles. The predicted molar refractivity (Wildman–Crippen MR) is 138 cm³/mol. The number of hydrazone groups is 1. The van der Waals surface area contributed by atoms with Crippen molar-refractivity contribution in [3.8, 4) is 17.2 Å². The van der Waals surface area contributed by atoms with Gasteiger partial charge >= 0.3 is 0 Å². The Hall–Kier alpha value is -4.31. The zero-order chi connectivity index (χ0) is 26.0. The Kier molecular flexibility index (Phi) is 9.07. The molecule has 0 saturated heterocycles. The fourth-order valence-electron chi connectivity index (χ4n) is 3.19. The summed E-state index contributed by atoms with van der Waals surface area (Å²) in [5.41, 5.74) is 3.24. The third-order valence-electron chi connectivity index (χ3n) is 4.90. The van der Waals surface area contributed by atoms with Gasteiger partial charge in [-0.25, -0.2) is 13.8 Å². The highest BCUT2D eigenvalue weighted by molar-refractivity contribution is 7.92. The molecule has 0 aromatic heterocycles. The lowest BCUT2D eigenvalue weighted by atomic mass is 10.2. The molecule has 1 N–H and O–H groups in total. The zero-order valence-electron chi connectivity index (χ0n) is 20.0. The Labute approximate surface area is 210 Å². The van der Waals surface area contributed by atoms with Crippen LogP contribution in [0.2, 0.25) is 0 Å². The Bertz CT molecular complexity index is 1330. The molecular weight excluding hydrogens is 482 g/mol. The van der Waals surface area contributed by atoms with E-state index in [-0.39, 0.29) is 16.3 Å². The maximum atomic E-state index is 13.5. The number of carbonyl (C=O) groups is 1. The molecule has 1 amide bonds. The fourth-order valence-corrected chi connectivity index (χ4v) is 4.65. The summed E-state index contributed by atoms with van der Waals surface area (Å²) in [6.45, 7) is 3.43. The van der Waals surface area contributed by atoms with E-state index in [9.17, 15) is 13.2 Å². The highest BCUT2D eigenvalue weighted by atomic mass is 32.2. The first kappa shape index (κ1) is 26.3. The Morgan fingerprint density at radius 2 is 1.78 bits per heavy atom. The molecule has 0 aliphatic heterocycles. The molecular formula is C26H27N3O6S. The van der Waals surface area contributed by atoms with Crippen LogP contribution < -0.4 is 23.9 Å². The van der Waals surface area contributed by atoms with E-state index >= 15 is 0 Å². The normalized spacial score (nSPS) is 11.1. The van der Waals surface area contributed by atoms with Crippen LogP contribution in [0.25, 0.3) is 0 Å². The number of amides is 1. The van der Waals surface area contributed by atoms with Gasteiger partial charge in [0.1, 0.15) is 30.4 Å². The van der Waals surface area contributed by atoms with E-state index < -0.39 is 22.5 Å². The second-order valence-electron chi connectivity index (χ2n) is 7.33. The summed E-state index contributed by atoms with van der Waals surface area (Å²) in [5.74, 6) is 0.669. The average Bonchev–Trinajstić information content (AvgIpc) is 2.91. The molecule has 188 valence electrons. The lowest BCUT2D eigenvalue weighted by Crippen LogP contribution is -2.39. The third-order valence-corrected chi connectivity index (χ3v) is 6.68. The monoisotopic (exact) mass is 509 g/mol. The van der Waals surface area contributed by atoms with Gasteiger partial charge in [-0.3, -0.25) is 9.10 Å². The van der Waals surface area contributed by atoms with Crippen LogP contribution in [0.1, 0.15) is 5.56 Å². The molecule has 9 nitrogen and oxygen atoms in total. The first-order chi connectivity index (χ1) is 17.4. The van der Waals surface area contributed by atoms with Gasteiger partial charge in [-0.1, -0.05) is 43.0 Å². The van der Waals surface area contributed by atoms with E-state index in [1.807, 2.05) is 0 Å². The SMILES string of the molecule is C=CCOc1cccc(/C=N\NC(=O)CN(c2ccc(OC)cc2OC)S(=O)(=O)c2ccccc2)c1. The first-order valence-electron chi connectivity index (χ1n) is 10.8. The number of hydrogen-bond acceptors (Lipinski definition) is 7. The van der Waals surface area contributed by atoms with Crippen LogP contribution in [0.4, 0.5) is 5.69 Å². The lowest BCUT2D eigenvalue weighted by molar-refractivity contribution is -0.119. The number of ether oxygens (including phenoxy) is 3. The van der Waals surface area contributed by atoms with Crippen molar-refractivity contribution in [3.05, 3.63) is 91.0 Å². The van der Waals surface area contributed by atoms with Gasteiger partial charge in [0.25, 0.3) is 15.9 Å². The van der Waals surface area contributed by atoms with Crippen LogP contribution in [0.15, 0.2) is 95.4 Å². The predicted octanol–water partition coefficient (Wildman–Crippen LogP) is 3.61. The van der Waals surface area contributed by atoms with Gasteiger partial charge in [-0.15, -0.1) is 0 Å². The van der Waals surface area contributed by atoms with Gasteiger partial charge in [0.05, 0.1) is 31.0 Å². The number of anilines is 1. The molecule has 0 saturated carbocycles. The summed E-state index contributed by atoms with van der Waals surface area (Å²) in [7, 11) is -1.23. The molecule has 0 atom stereocenters. The molecule has 36 heavy (non-hydrogen) atoms. The minimum absolute atomic E-state index is 0.0236. The summed E-state index contributed by atoms with van der Waals surface area (Å²) in [4.78, 5) is 12.8. The number of sulfonamides is 1. The molecule has 3 aromatic carbocycles. The lowest BCUT2D eigenvalue weighted by Gasteiger charge is -2.25. The van der Waals surface area contributed by atoms with Crippen molar-refractivity contribution in [1.82, 2.24) is 5.43 Å². The Balaban J connectivity index is 1.85. The molecule has 0 bridgehead atoms. The van der Waals surface area contributed by atoms with Crippen molar-refractivity contribution in [3.63, 3.8) is 0 Å². The number of carbonyl (C=O) groups excluding carboxylic acids is 1. The van der Waals surface area contributed by atoms with Crippen LogP contribution in [0, 0.1) is 0 Å². The second kappa shape index (κ2) is 12.4. The molecule has 0 aliphatic rings. The standard InChI is InChI=1S/C26H27N3O6S/c1-4-15-35-22-10-8-9-20(16-22)18-27-28-26(30)19-29(36(31,32)23-11-6-5-7-12-23)24-14-13-21(33-2)17-25(24)34-3/h4-14,16-18H,1,15,19H2,2-3H3,(H,28,30)/b27-18-. The van der Waals surface area contributed by atoms with Gasteiger partial charge in [0.2, 0.25) is 0 Å². The number of methoxy groups -OCH3 is 2. The van der Waals surface area contributed by atoms with Crippen molar-refractivity contribution in [1.29, 1.82) is 0 Å². The molecule has 3 aromatic rings. The van der Waals surface area contributed by atoms with Crippen molar-refractivity contribution < 1.29 is 27.4 Å². The highest BCUT2D eigenvalue weighted by Gasteiger charge is 2.29. The first-order valence-corrected chi connectivity index (χ1v) is 12.3. The van der Waals surface area contributed by atoms with Gasteiger partial charge in [0.15, 0.2) is 0 Å². The van der Waals surface area contributed by atoms with Crippen molar-refractivity contribution >= 4 is 27.8 Å². The molecule has 0 fully saturated rings. The van der Waals surface area contributed by atoms with Gasteiger partial charge in [-0.2, -0.15) is 5.10 Å². The third kappa shape index (κ3) is 6.63. The maximum absolute atomic E-state index is 13.5. The summed E-state index contributed by atoms with van der Waals surface area (Å²) >= 11 is 0. The summed E-state index contributed by atoms with van der Waals surface area (Å²) in [6, 6.07) is 19.6. The van der Waals surface area contributed by atoms with E-state index in [1.165, 1.54) is 38.6 Å². The van der Waals surface area contributed by atoms with Gasteiger partial charge in [0, 0.05) is 6.07 Å². The fraction of sp³-hybridized carbons (Fsp3) is 0.154. The zero-order valence-corrected chi connectivity index (χ0v) is 20.8. The summed E-state index contributed by atoms with van der Waals surface area (Å²) in [5, 5.41) is 3.96. The molecule has 0 aliphatic carbocycles.